The quantitative estimate of drug-likeness (QED) is 0.699. The van der Waals surface area contributed by atoms with Crippen molar-refractivity contribution in [3.8, 4) is 5.75 Å². The van der Waals surface area contributed by atoms with Crippen LogP contribution in [0, 0.1) is 5.92 Å². The van der Waals surface area contributed by atoms with Gasteiger partial charge in [-0.05, 0) is 30.2 Å². The van der Waals surface area contributed by atoms with E-state index in [1.165, 1.54) is 16.6 Å². The zero-order valence-corrected chi connectivity index (χ0v) is 15.4. The molecule has 1 aliphatic carbocycles. The van der Waals surface area contributed by atoms with Crippen LogP contribution in [0.1, 0.15) is 28.5 Å². The Bertz CT molecular complexity index is 1120. The number of aromatic amines is 1. The molecule has 2 aromatic carbocycles. The highest BCUT2D eigenvalue weighted by molar-refractivity contribution is 6.05. The molecule has 1 aromatic heterocycles. The van der Waals surface area contributed by atoms with Crippen LogP contribution in [0.15, 0.2) is 42.5 Å². The summed E-state index contributed by atoms with van der Waals surface area (Å²) in [5.74, 6) is 1.04. The van der Waals surface area contributed by atoms with Gasteiger partial charge >= 0.3 is 0 Å². The first-order chi connectivity index (χ1) is 13.2. The van der Waals surface area contributed by atoms with Gasteiger partial charge < -0.3 is 19.9 Å². The normalized spacial score (nSPS) is 27.8. The Hall–Kier alpha value is -2.95. The van der Waals surface area contributed by atoms with Crippen molar-refractivity contribution in [2.24, 2.45) is 5.92 Å². The van der Waals surface area contributed by atoms with Crippen LogP contribution in [0.3, 0.4) is 0 Å². The summed E-state index contributed by atoms with van der Waals surface area (Å²) in [6.07, 6.45) is 0.872. The molecule has 0 radical (unpaired) electrons. The van der Waals surface area contributed by atoms with Crippen molar-refractivity contribution in [2.45, 2.75) is 24.9 Å². The second-order valence-corrected chi connectivity index (χ2v) is 7.85. The second kappa shape index (κ2) is 4.85. The number of aromatic nitrogens is 1. The first-order valence-corrected chi connectivity index (χ1v) is 9.53. The Morgan fingerprint density at radius 1 is 1.19 bits per heavy atom. The zero-order chi connectivity index (χ0) is 18.3. The molecule has 27 heavy (non-hydrogen) atoms. The summed E-state index contributed by atoms with van der Waals surface area (Å²) in [5.41, 5.74) is 4.94. The van der Waals surface area contributed by atoms with E-state index in [9.17, 15) is 4.79 Å². The van der Waals surface area contributed by atoms with Gasteiger partial charge in [-0.3, -0.25) is 4.79 Å². The average molecular weight is 359 g/mol. The van der Waals surface area contributed by atoms with E-state index in [1.54, 1.807) is 7.11 Å². The number of para-hydroxylation sites is 1. The number of methoxy groups -OCH3 is 1. The fraction of sp³-hybridized carbons (Fsp3) is 0.318. The second-order valence-electron chi connectivity index (χ2n) is 7.85. The Labute approximate surface area is 157 Å². The number of nitrogens with zero attached hydrogens (tertiary/aromatic N) is 1. The van der Waals surface area contributed by atoms with E-state index >= 15 is 0 Å². The van der Waals surface area contributed by atoms with Gasteiger partial charge in [0.1, 0.15) is 16.9 Å². The largest absolute Gasteiger partial charge is 0.496 e. The first kappa shape index (κ1) is 15.1. The minimum absolute atomic E-state index is 0.0612. The Morgan fingerprint density at radius 3 is 2.89 bits per heavy atom. The van der Waals surface area contributed by atoms with Gasteiger partial charge in [-0.15, -0.1) is 0 Å². The van der Waals surface area contributed by atoms with Crippen LogP contribution in [0.2, 0.25) is 0 Å². The monoisotopic (exact) mass is 359 g/mol. The van der Waals surface area contributed by atoms with Crippen LogP contribution >= 0.6 is 0 Å². The fourth-order valence-corrected chi connectivity index (χ4v) is 5.53. The van der Waals surface area contributed by atoms with Crippen molar-refractivity contribution in [3.05, 3.63) is 59.3 Å². The molecule has 2 N–H and O–H groups in total. The molecule has 1 amide bonds. The van der Waals surface area contributed by atoms with Crippen LogP contribution in [-0.2, 0) is 12.0 Å². The predicted molar refractivity (Wildman–Crippen MR) is 104 cm³/mol. The number of benzene rings is 2. The maximum absolute atomic E-state index is 13.6. The topological polar surface area (TPSA) is 57.4 Å². The molecular formula is C22H21N3O2. The van der Waals surface area contributed by atoms with Crippen molar-refractivity contribution < 1.29 is 9.53 Å². The van der Waals surface area contributed by atoms with E-state index in [2.05, 4.69) is 46.4 Å². The maximum atomic E-state index is 13.6. The SMILES string of the molecule is COc1cccc2c1C(=O)N1CCc3c([nH]c4ccccc34)C13C(C)C3N2. The number of nitrogens with one attached hydrogen (secondary N) is 2. The molecule has 1 spiro atoms. The number of carbonyl (C=O) groups is 1. The van der Waals surface area contributed by atoms with Crippen molar-refractivity contribution in [2.75, 3.05) is 19.0 Å². The Kier molecular flexibility index (Phi) is 2.72. The molecule has 1 fully saturated rings. The van der Waals surface area contributed by atoms with Crippen LogP contribution in [-0.4, -0.2) is 35.5 Å². The van der Waals surface area contributed by atoms with Gasteiger partial charge in [-0.1, -0.05) is 31.2 Å². The lowest BCUT2D eigenvalue weighted by atomic mass is 9.93. The molecular weight excluding hydrogens is 338 g/mol. The third kappa shape index (κ3) is 1.63. The number of rotatable bonds is 1. The lowest BCUT2D eigenvalue weighted by Gasteiger charge is -2.37. The maximum Gasteiger partial charge on any atom is 0.260 e. The van der Waals surface area contributed by atoms with E-state index in [4.69, 9.17) is 4.74 Å². The third-order valence-electron chi connectivity index (χ3n) is 6.82. The molecule has 1 saturated carbocycles. The van der Waals surface area contributed by atoms with Crippen LogP contribution < -0.4 is 10.1 Å². The van der Waals surface area contributed by atoms with Gasteiger partial charge in [0.25, 0.3) is 5.91 Å². The highest BCUT2D eigenvalue weighted by atomic mass is 16.5. The molecule has 3 aliphatic rings. The van der Waals surface area contributed by atoms with Gasteiger partial charge in [0, 0.05) is 29.1 Å². The molecule has 0 saturated heterocycles. The zero-order valence-electron chi connectivity index (χ0n) is 15.4. The van der Waals surface area contributed by atoms with Gasteiger partial charge in [0.15, 0.2) is 0 Å². The molecule has 5 heteroatoms. The summed E-state index contributed by atoms with van der Waals surface area (Å²) < 4.78 is 5.52. The number of H-pyrrole nitrogens is 1. The Balaban J connectivity index is 1.60. The number of anilines is 1. The molecule has 2 aliphatic heterocycles. The van der Waals surface area contributed by atoms with Crippen molar-refractivity contribution in [1.29, 1.82) is 0 Å². The Morgan fingerprint density at radius 2 is 2.04 bits per heavy atom. The first-order valence-electron chi connectivity index (χ1n) is 9.53. The molecule has 5 nitrogen and oxygen atoms in total. The van der Waals surface area contributed by atoms with E-state index < -0.39 is 0 Å². The lowest BCUT2D eigenvalue weighted by Crippen LogP contribution is -2.47. The van der Waals surface area contributed by atoms with E-state index in [1.807, 2.05) is 18.2 Å². The van der Waals surface area contributed by atoms with Crippen molar-refractivity contribution >= 4 is 22.5 Å². The van der Waals surface area contributed by atoms with Crippen LogP contribution in [0.4, 0.5) is 5.69 Å². The summed E-state index contributed by atoms with van der Waals surface area (Å²) in [4.78, 5) is 19.4. The number of fused-ring (bicyclic) bond motifs is 4. The van der Waals surface area contributed by atoms with Gasteiger partial charge in [0.2, 0.25) is 0 Å². The summed E-state index contributed by atoms with van der Waals surface area (Å²) in [6.45, 7) is 2.97. The standard InChI is InChI=1S/C22H21N3O2/c1-12-19-22(12)20-14(13-6-3-4-7-15(13)23-20)10-11-25(22)21(26)18-16(24-19)8-5-9-17(18)27-2/h3-9,12,19,23-24H,10-11H2,1-2H3. The molecule has 0 bridgehead atoms. The molecule has 3 aromatic rings. The van der Waals surface area contributed by atoms with Gasteiger partial charge in [-0.25, -0.2) is 0 Å². The van der Waals surface area contributed by atoms with Gasteiger partial charge in [0.05, 0.1) is 18.8 Å². The minimum atomic E-state index is -0.312. The number of hydrogen-bond donors (Lipinski definition) is 2. The number of amides is 1. The number of ether oxygens (including phenoxy) is 1. The van der Waals surface area contributed by atoms with Crippen LogP contribution in [0.25, 0.3) is 10.9 Å². The fourth-order valence-electron chi connectivity index (χ4n) is 5.53. The lowest BCUT2D eigenvalue weighted by molar-refractivity contribution is 0.0600. The summed E-state index contributed by atoms with van der Waals surface area (Å²) in [6, 6.07) is 14.4. The number of hydrogen-bond acceptors (Lipinski definition) is 3. The average Bonchev–Trinajstić information content (AvgIpc) is 3.09. The third-order valence-corrected chi connectivity index (χ3v) is 6.82. The summed E-state index contributed by atoms with van der Waals surface area (Å²) in [7, 11) is 1.62. The minimum Gasteiger partial charge on any atom is -0.496 e. The highest BCUT2D eigenvalue weighted by Gasteiger charge is 2.71. The smallest absolute Gasteiger partial charge is 0.260 e. The molecule has 3 atom stereocenters. The highest BCUT2D eigenvalue weighted by Crippen LogP contribution is 2.62. The number of carbonyl (C=O) groups excluding carboxylic acids is 1. The van der Waals surface area contributed by atoms with Crippen molar-refractivity contribution in [1.82, 2.24) is 9.88 Å². The van der Waals surface area contributed by atoms with E-state index in [0.717, 1.165) is 24.2 Å². The summed E-state index contributed by atoms with van der Waals surface area (Å²) in [5, 5.41) is 4.95. The summed E-state index contributed by atoms with van der Waals surface area (Å²) >= 11 is 0. The van der Waals surface area contributed by atoms with Crippen molar-refractivity contribution in [3.63, 3.8) is 0 Å². The van der Waals surface area contributed by atoms with Gasteiger partial charge in [-0.2, -0.15) is 0 Å². The molecule has 3 heterocycles. The van der Waals surface area contributed by atoms with Crippen LogP contribution in [0.5, 0.6) is 5.75 Å². The predicted octanol–water partition coefficient (Wildman–Crippen LogP) is 3.51. The molecule has 3 unspecified atom stereocenters. The van der Waals surface area contributed by atoms with E-state index in [0.29, 0.717) is 17.2 Å². The van der Waals surface area contributed by atoms with E-state index in [-0.39, 0.29) is 17.5 Å². The molecule has 136 valence electrons. The molecule has 6 rings (SSSR count).